The minimum absolute atomic E-state index is 0.431. The van der Waals surface area contributed by atoms with Crippen molar-refractivity contribution in [3.8, 4) is 11.5 Å². The Hall–Kier alpha value is -0.490. The molecule has 0 saturated heterocycles. The van der Waals surface area contributed by atoms with E-state index in [1.54, 1.807) is 14.2 Å². The summed E-state index contributed by atoms with van der Waals surface area (Å²) in [5.74, 6) is 2.36. The van der Waals surface area contributed by atoms with Crippen LogP contribution in [0.15, 0.2) is 6.07 Å². The number of benzene rings is 1. The quantitative estimate of drug-likeness (QED) is 0.866. The zero-order chi connectivity index (χ0) is 11.0. The van der Waals surface area contributed by atoms with E-state index in [4.69, 9.17) is 15.2 Å². The molecule has 0 saturated carbocycles. The van der Waals surface area contributed by atoms with E-state index < -0.39 is 0 Å². The van der Waals surface area contributed by atoms with Gasteiger partial charge >= 0.3 is 0 Å². The van der Waals surface area contributed by atoms with Gasteiger partial charge < -0.3 is 15.2 Å². The van der Waals surface area contributed by atoms with Crippen LogP contribution in [0.3, 0.4) is 0 Å². The molecule has 3 nitrogen and oxygen atoms in total. The summed E-state index contributed by atoms with van der Waals surface area (Å²) in [6.45, 7) is 0.674. The first-order valence-electron chi connectivity index (χ1n) is 4.86. The average molecular weight is 319 g/mol. The summed E-state index contributed by atoms with van der Waals surface area (Å²) in [5.41, 5.74) is 8.20. The summed E-state index contributed by atoms with van der Waals surface area (Å²) < 4.78 is 11.9. The van der Waals surface area contributed by atoms with Crippen molar-refractivity contribution in [3.63, 3.8) is 0 Å². The number of halogens is 1. The van der Waals surface area contributed by atoms with Crippen molar-refractivity contribution >= 4 is 22.6 Å². The van der Waals surface area contributed by atoms with Crippen LogP contribution in [0.1, 0.15) is 17.0 Å². The fourth-order valence-electron chi connectivity index (χ4n) is 2.13. The summed E-state index contributed by atoms with van der Waals surface area (Å²) in [6.07, 6.45) is 1.00. The number of ether oxygens (including phenoxy) is 2. The van der Waals surface area contributed by atoms with Crippen molar-refractivity contribution in [2.24, 2.45) is 5.73 Å². The van der Waals surface area contributed by atoms with E-state index in [0.29, 0.717) is 12.5 Å². The molecule has 15 heavy (non-hydrogen) atoms. The molecule has 1 atom stereocenters. The minimum Gasteiger partial charge on any atom is -0.496 e. The van der Waals surface area contributed by atoms with Crippen molar-refractivity contribution in [1.82, 2.24) is 0 Å². The molecular weight excluding hydrogens is 305 g/mol. The van der Waals surface area contributed by atoms with Gasteiger partial charge in [-0.15, -0.1) is 0 Å². The highest BCUT2D eigenvalue weighted by atomic mass is 127. The van der Waals surface area contributed by atoms with Crippen LogP contribution in [0.2, 0.25) is 0 Å². The van der Waals surface area contributed by atoms with Gasteiger partial charge in [0.1, 0.15) is 11.5 Å². The fourth-order valence-corrected chi connectivity index (χ4v) is 2.96. The number of rotatable bonds is 3. The van der Waals surface area contributed by atoms with Crippen LogP contribution in [-0.4, -0.2) is 20.8 Å². The predicted octanol–water partition coefficient (Wildman–Crippen LogP) is 1.91. The lowest BCUT2D eigenvalue weighted by atomic mass is 9.76. The first-order chi connectivity index (χ1) is 7.22. The van der Waals surface area contributed by atoms with Crippen LogP contribution in [0.4, 0.5) is 0 Å². The molecule has 0 aliphatic heterocycles. The second-order valence-electron chi connectivity index (χ2n) is 3.62. The lowest BCUT2D eigenvalue weighted by Gasteiger charge is -2.33. The molecule has 2 rings (SSSR count). The molecule has 0 amide bonds. The summed E-state index contributed by atoms with van der Waals surface area (Å²) >= 11 is 2.27. The standard InChI is InChI=1S/C11H14INO2/c1-14-9-4-8(12)11(15-2)7-3-6(5-13)10(7)9/h4,6H,3,5,13H2,1-2H3. The Bertz CT molecular complexity index is 393. The summed E-state index contributed by atoms with van der Waals surface area (Å²) in [6, 6.07) is 2.01. The van der Waals surface area contributed by atoms with E-state index >= 15 is 0 Å². The van der Waals surface area contributed by atoms with Gasteiger partial charge in [-0.05, 0) is 41.6 Å². The summed E-state index contributed by atoms with van der Waals surface area (Å²) in [5, 5.41) is 0. The van der Waals surface area contributed by atoms with E-state index in [0.717, 1.165) is 21.5 Å². The van der Waals surface area contributed by atoms with Gasteiger partial charge in [-0.1, -0.05) is 0 Å². The van der Waals surface area contributed by atoms with Gasteiger partial charge in [0.05, 0.1) is 17.8 Å². The Balaban J connectivity index is 2.54. The maximum Gasteiger partial charge on any atom is 0.135 e. The van der Waals surface area contributed by atoms with Crippen molar-refractivity contribution in [2.75, 3.05) is 20.8 Å². The average Bonchev–Trinajstić information content (AvgIpc) is 2.20. The topological polar surface area (TPSA) is 44.5 Å². The van der Waals surface area contributed by atoms with Crippen molar-refractivity contribution < 1.29 is 9.47 Å². The third-order valence-corrected chi connectivity index (χ3v) is 3.71. The number of nitrogens with two attached hydrogens (primary N) is 1. The van der Waals surface area contributed by atoms with Gasteiger partial charge in [0.2, 0.25) is 0 Å². The SMILES string of the molecule is COc1cc(I)c(OC)c2c1C(CN)C2. The van der Waals surface area contributed by atoms with Gasteiger partial charge in [0.25, 0.3) is 0 Å². The normalized spacial score (nSPS) is 18.0. The molecule has 1 aliphatic carbocycles. The maximum atomic E-state index is 5.70. The van der Waals surface area contributed by atoms with E-state index in [9.17, 15) is 0 Å². The molecule has 0 fully saturated rings. The first kappa shape index (κ1) is 11.0. The molecule has 0 bridgehead atoms. The van der Waals surface area contributed by atoms with Crippen molar-refractivity contribution in [2.45, 2.75) is 12.3 Å². The molecule has 82 valence electrons. The number of hydrogen-bond acceptors (Lipinski definition) is 3. The zero-order valence-electron chi connectivity index (χ0n) is 8.84. The maximum absolute atomic E-state index is 5.70. The second-order valence-corrected chi connectivity index (χ2v) is 4.79. The van der Waals surface area contributed by atoms with E-state index in [1.165, 1.54) is 11.1 Å². The molecule has 0 spiro atoms. The third kappa shape index (κ3) is 1.59. The van der Waals surface area contributed by atoms with Crippen molar-refractivity contribution in [3.05, 3.63) is 20.8 Å². The summed E-state index contributed by atoms with van der Waals surface area (Å²) in [7, 11) is 3.41. The Kier molecular flexibility index (Phi) is 3.06. The summed E-state index contributed by atoms with van der Waals surface area (Å²) in [4.78, 5) is 0. The zero-order valence-corrected chi connectivity index (χ0v) is 11.0. The first-order valence-corrected chi connectivity index (χ1v) is 5.94. The lowest BCUT2D eigenvalue weighted by molar-refractivity contribution is 0.374. The van der Waals surface area contributed by atoms with Crippen LogP contribution in [0.25, 0.3) is 0 Å². The molecule has 0 heterocycles. The highest BCUT2D eigenvalue weighted by Gasteiger charge is 2.33. The largest absolute Gasteiger partial charge is 0.496 e. The Labute approximate surface area is 103 Å². The molecule has 1 aromatic carbocycles. The highest BCUT2D eigenvalue weighted by Crippen LogP contribution is 2.47. The smallest absolute Gasteiger partial charge is 0.135 e. The predicted molar refractivity (Wildman–Crippen MR) is 67.8 cm³/mol. The Morgan fingerprint density at radius 3 is 2.73 bits per heavy atom. The minimum atomic E-state index is 0.431. The molecule has 2 N–H and O–H groups in total. The van der Waals surface area contributed by atoms with Gasteiger partial charge in [-0.3, -0.25) is 0 Å². The number of hydrogen-bond donors (Lipinski definition) is 1. The fraction of sp³-hybridized carbons (Fsp3) is 0.455. The van der Waals surface area contributed by atoms with Gasteiger partial charge in [-0.2, -0.15) is 0 Å². The molecule has 1 unspecified atom stereocenters. The third-order valence-electron chi connectivity index (χ3n) is 2.91. The monoisotopic (exact) mass is 319 g/mol. The molecule has 0 radical (unpaired) electrons. The molecule has 1 aliphatic rings. The molecular formula is C11H14INO2. The van der Waals surface area contributed by atoms with E-state index in [1.807, 2.05) is 6.07 Å². The highest BCUT2D eigenvalue weighted by molar-refractivity contribution is 14.1. The van der Waals surface area contributed by atoms with Crippen LogP contribution in [-0.2, 0) is 6.42 Å². The lowest BCUT2D eigenvalue weighted by Crippen LogP contribution is -2.26. The van der Waals surface area contributed by atoms with E-state index in [-0.39, 0.29) is 0 Å². The van der Waals surface area contributed by atoms with Crippen molar-refractivity contribution in [1.29, 1.82) is 0 Å². The molecule has 1 aromatic rings. The van der Waals surface area contributed by atoms with Gasteiger partial charge in [0.15, 0.2) is 0 Å². The number of methoxy groups -OCH3 is 2. The van der Waals surface area contributed by atoms with Crippen LogP contribution >= 0.6 is 22.6 Å². The van der Waals surface area contributed by atoms with E-state index in [2.05, 4.69) is 22.6 Å². The van der Waals surface area contributed by atoms with Crippen LogP contribution < -0.4 is 15.2 Å². The molecule has 4 heteroatoms. The Morgan fingerprint density at radius 2 is 2.20 bits per heavy atom. The van der Waals surface area contributed by atoms with Gasteiger partial charge in [-0.25, -0.2) is 0 Å². The second kappa shape index (κ2) is 4.17. The van der Waals surface area contributed by atoms with Gasteiger partial charge in [0, 0.05) is 17.0 Å². The molecule has 0 aromatic heterocycles. The van der Waals surface area contributed by atoms with Crippen LogP contribution in [0, 0.1) is 3.57 Å². The Morgan fingerprint density at radius 1 is 1.47 bits per heavy atom. The number of fused-ring (bicyclic) bond motifs is 1. The van der Waals surface area contributed by atoms with Crippen LogP contribution in [0.5, 0.6) is 11.5 Å².